The fraction of sp³-hybridized carbons (Fsp3) is 0.500. The lowest BCUT2D eigenvalue weighted by Crippen LogP contribution is -2.20. The maximum atomic E-state index is 13.2. The molecule has 1 aliphatic rings. The molecule has 1 aromatic rings. The molecule has 1 aliphatic heterocycles. The van der Waals surface area contributed by atoms with Crippen molar-refractivity contribution in [3.63, 3.8) is 0 Å². The Morgan fingerprint density at radius 2 is 2.31 bits per heavy atom. The molecule has 1 aromatic carbocycles. The molecule has 2 unspecified atom stereocenters. The van der Waals surface area contributed by atoms with E-state index in [0.717, 1.165) is 13.0 Å². The normalized spacial score (nSPS) is 26.2. The van der Waals surface area contributed by atoms with Crippen LogP contribution in [-0.4, -0.2) is 30.1 Å². The number of halogens is 1. The van der Waals surface area contributed by atoms with Gasteiger partial charge in [-0.2, -0.15) is 0 Å². The highest BCUT2D eigenvalue weighted by Gasteiger charge is 2.31. The number of rotatable bonds is 2. The molecule has 3 nitrogen and oxygen atoms in total. The predicted molar refractivity (Wildman–Crippen MR) is 60.6 cm³/mol. The van der Waals surface area contributed by atoms with Crippen molar-refractivity contribution in [3.05, 3.63) is 29.6 Å². The van der Waals surface area contributed by atoms with Crippen LogP contribution in [0.3, 0.4) is 0 Å². The molecule has 0 amide bonds. The molecule has 0 spiro atoms. The number of nitrogens with zero attached hydrogens (tertiary/aromatic N) is 1. The Hall–Kier alpha value is -1.13. The van der Waals surface area contributed by atoms with Crippen LogP contribution < -0.4 is 5.73 Å². The summed E-state index contributed by atoms with van der Waals surface area (Å²) in [6.45, 7) is 1.54. The van der Waals surface area contributed by atoms with Crippen molar-refractivity contribution in [2.24, 2.45) is 11.7 Å². The second-order valence-electron chi connectivity index (χ2n) is 4.47. The van der Waals surface area contributed by atoms with Crippen LogP contribution in [0.5, 0.6) is 5.75 Å². The van der Waals surface area contributed by atoms with Crippen molar-refractivity contribution >= 4 is 0 Å². The standard InChI is InChI=1S/C12H17FN2O/c1-15-7-8(6-14)5-11(15)9-3-2-4-10(13)12(9)16/h2-4,8,11,16H,5-7,14H2,1H3. The van der Waals surface area contributed by atoms with Crippen LogP contribution in [0.2, 0.25) is 0 Å². The first-order chi connectivity index (χ1) is 7.63. The predicted octanol–water partition coefficient (Wildman–Crippen LogP) is 1.48. The van der Waals surface area contributed by atoms with Gasteiger partial charge >= 0.3 is 0 Å². The van der Waals surface area contributed by atoms with Crippen LogP contribution in [0.25, 0.3) is 0 Å². The topological polar surface area (TPSA) is 49.5 Å². The number of para-hydroxylation sites is 1. The highest BCUT2D eigenvalue weighted by atomic mass is 19.1. The lowest BCUT2D eigenvalue weighted by atomic mass is 9.99. The van der Waals surface area contributed by atoms with E-state index in [1.807, 2.05) is 7.05 Å². The van der Waals surface area contributed by atoms with E-state index in [9.17, 15) is 9.50 Å². The lowest BCUT2D eigenvalue weighted by Gasteiger charge is -2.20. The monoisotopic (exact) mass is 224 g/mol. The van der Waals surface area contributed by atoms with E-state index in [2.05, 4.69) is 4.90 Å². The third kappa shape index (κ3) is 1.90. The maximum Gasteiger partial charge on any atom is 0.165 e. The number of likely N-dealkylation sites (tertiary alicyclic amines) is 1. The number of nitrogens with two attached hydrogens (primary N) is 1. The Kier molecular flexibility index (Phi) is 3.12. The van der Waals surface area contributed by atoms with Gasteiger partial charge in [-0.1, -0.05) is 12.1 Å². The van der Waals surface area contributed by atoms with Gasteiger partial charge in [0.1, 0.15) is 0 Å². The van der Waals surface area contributed by atoms with Crippen molar-refractivity contribution in [1.82, 2.24) is 4.90 Å². The molecule has 0 radical (unpaired) electrons. The molecule has 0 bridgehead atoms. The second-order valence-corrected chi connectivity index (χ2v) is 4.47. The summed E-state index contributed by atoms with van der Waals surface area (Å²) in [5, 5.41) is 9.70. The van der Waals surface area contributed by atoms with Gasteiger partial charge in [0.2, 0.25) is 0 Å². The van der Waals surface area contributed by atoms with Gasteiger partial charge in [-0.15, -0.1) is 0 Å². The summed E-state index contributed by atoms with van der Waals surface area (Å²) in [7, 11) is 1.98. The van der Waals surface area contributed by atoms with E-state index in [0.29, 0.717) is 18.0 Å². The summed E-state index contributed by atoms with van der Waals surface area (Å²) in [4.78, 5) is 2.12. The van der Waals surface area contributed by atoms with Crippen LogP contribution in [0.1, 0.15) is 18.0 Å². The van der Waals surface area contributed by atoms with Crippen molar-refractivity contribution in [2.45, 2.75) is 12.5 Å². The molecule has 1 fully saturated rings. The minimum atomic E-state index is -0.554. The zero-order valence-electron chi connectivity index (χ0n) is 9.36. The van der Waals surface area contributed by atoms with Gasteiger partial charge in [-0.25, -0.2) is 4.39 Å². The molecule has 0 aliphatic carbocycles. The van der Waals surface area contributed by atoms with E-state index >= 15 is 0 Å². The minimum absolute atomic E-state index is 0.0734. The number of phenols is 1. The fourth-order valence-corrected chi connectivity index (χ4v) is 2.44. The highest BCUT2D eigenvalue weighted by Crippen LogP contribution is 2.38. The van der Waals surface area contributed by atoms with E-state index in [-0.39, 0.29) is 11.8 Å². The van der Waals surface area contributed by atoms with E-state index in [4.69, 9.17) is 5.73 Å². The van der Waals surface area contributed by atoms with E-state index in [1.54, 1.807) is 12.1 Å². The van der Waals surface area contributed by atoms with Crippen LogP contribution in [0.15, 0.2) is 18.2 Å². The van der Waals surface area contributed by atoms with Gasteiger partial charge in [-0.05, 0) is 32.0 Å². The van der Waals surface area contributed by atoms with Gasteiger partial charge < -0.3 is 10.8 Å². The average molecular weight is 224 g/mol. The number of hydrogen-bond donors (Lipinski definition) is 2. The van der Waals surface area contributed by atoms with Gasteiger partial charge in [-0.3, -0.25) is 4.90 Å². The Morgan fingerprint density at radius 3 is 2.94 bits per heavy atom. The third-order valence-electron chi connectivity index (χ3n) is 3.35. The molecule has 1 heterocycles. The zero-order chi connectivity index (χ0) is 11.7. The van der Waals surface area contributed by atoms with Gasteiger partial charge in [0.15, 0.2) is 11.6 Å². The molecule has 0 aromatic heterocycles. The molecular weight excluding hydrogens is 207 g/mol. The second kappa shape index (κ2) is 4.39. The van der Waals surface area contributed by atoms with E-state index in [1.165, 1.54) is 6.07 Å². The van der Waals surface area contributed by atoms with Crippen LogP contribution in [0.4, 0.5) is 4.39 Å². The Morgan fingerprint density at radius 1 is 1.56 bits per heavy atom. The van der Waals surface area contributed by atoms with Crippen LogP contribution in [0, 0.1) is 11.7 Å². The average Bonchev–Trinajstić information content (AvgIpc) is 2.64. The lowest BCUT2D eigenvalue weighted by molar-refractivity contribution is 0.302. The number of benzene rings is 1. The first kappa shape index (κ1) is 11.4. The van der Waals surface area contributed by atoms with Crippen LogP contribution >= 0.6 is 0 Å². The van der Waals surface area contributed by atoms with Crippen molar-refractivity contribution in [1.29, 1.82) is 0 Å². The minimum Gasteiger partial charge on any atom is -0.505 e. The summed E-state index contributed by atoms with van der Waals surface area (Å²) < 4.78 is 13.2. The van der Waals surface area contributed by atoms with Gasteiger partial charge in [0.05, 0.1) is 0 Å². The molecule has 4 heteroatoms. The summed E-state index contributed by atoms with van der Waals surface area (Å²) in [5.74, 6) is -0.350. The smallest absolute Gasteiger partial charge is 0.165 e. The quantitative estimate of drug-likeness (QED) is 0.800. The number of aromatic hydroxyl groups is 1. The Labute approximate surface area is 94.7 Å². The summed E-state index contributed by atoms with van der Waals surface area (Å²) in [6, 6.07) is 4.75. The largest absolute Gasteiger partial charge is 0.505 e. The Bertz CT molecular complexity index is 383. The van der Waals surface area contributed by atoms with Gasteiger partial charge in [0.25, 0.3) is 0 Å². The molecule has 1 saturated heterocycles. The molecular formula is C12H17FN2O. The maximum absolute atomic E-state index is 13.2. The molecule has 88 valence electrons. The van der Waals surface area contributed by atoms with E-state index < -0.39 is 5.82 Å². The summed E-state index contributed by atoms with van der Waals surface area (Å²) in [5.41, 5.74) is 6.31. The molecule has 2 atom stereocenters. The first-order valence-electron chi connectivity index (χ1n) is 5.51. The van der Waals surface area contributed by atoms with Crippen molar-refractivity contribution < 1.29 is 9.50 Å². The Balaban J connectivity index is 2.28. The molecule has 16 heavy (non-hydrogen) atoms. The molecule has 0 saturated carbocycles. The first-order valence-corrected chi connectivity index (χ1v) is 5.51. The number of phenolic OH excluding ortho intramolecular Hbond substituents is 1. The fourth-order valence-electron chi connectivity index (χ4n) is 2.44. The van der Waals surface area contributed by atoms with Crippen molar-refractivity contribution in [2.75, 3.05) is 20.1 Å². The van der Waals surface area contributed by atoms with Gasteiger partial charge in [0, 0.05) is 18.2 Å². The summed E-state index contributed by atoms with van der Waals surface area (Å²) in [6.07, 6.45) is 0.879. The van der Waals surface area contributed by atoms with Crippen molar-refractivity contribution in [3.8, 4) is 5.75 Å². The molecule has 2 rings (SSSR count). The highest BCUT2D eigenvalue weighted by molar-refractivity contribution is 5.36. The SMILES string of the molecule is CN1CC(CN)CC1c1cccc(F)c1O. The number of hydrogen-bond acceptors (Lipinski definition) is 3. The summed E-state index contributed by atoms with van der Waals surface area (Å²) >= 11 is 0. The van der Waals surface area contributed by atoms with Crippen LogP contribution in [-0.2, 0) is 0 Å². The zero-order valence-corrected chi connectivity index (χ0v) is 9.36. The third-order valence-corrected chi connectivity index (χ3v) is 3.35. The molecule has 3 N–H and O–H groups in total.